The first-order valence-electron chi connectivity index (χ1n) is 20.2. The third kappa shape index (κ3) is 32.0. The van der Waals surface area contributed by atoms with E-state index in [9.17, 15) is 22.0 Å². The number of carbonyl (C=O) groups excluding carboxylic acids is 1. The van der Waals surface area contributed by atoms with Crippen molar-refractivity contribution >= 4 is 328 Å². The molecule has 434 valence electrons. The van der Waals surface area contributed by atoms with Crippen LogP contribution in [0.2, 0.25) is 5.02 Å². The van der Waals surface area contributed by atoms with Crippen LogP contribution in [-0.2, 0) is 13.8 Å². The minimum atomic E-state index is -3.82. The Hall–Kier alpha value is 8.85. The first kappa shape index (κ1) is 85.9. The van der Waals surface area contributed by atoms with Crippen molar-refractivity contribution in [2.75, 3.05) is 12.8 Å². The number of halogens is 6. The van der Waals surface area contributed by atoms with Gasteiger partial charge in [-0.15, -0.1) is 149 Å². The number of nitrogens with zero attached hydrogens (tertiary/aromatic N) is 2. The van der Waals surface area contributed by atoms with Crippen molar-refractivity contribution in [1.29, 1.82) is 0 Å². The fraction of sp³-hybridized carbons (Fsp3) is 0.0571. The van der Waals surface area contributed by atoms with Gasteiger partial charge in [0.2, 0.25) is 5.69 Å². The maximum Gasteiger partial charge on any atom is 0.337 e. The number of anilines is 1. The largest absolute Gasteiger partial charge is 0.465 e. The van der Waals surface area contributed by atoms with Crippen LogP contribution in [0.3, 0.4) is 0 Å². The van der Waals surface area contributed by atoms with Crippen molar-refractivity contribution < 1.29 is 26.7 Å². The van der Waals surface area contributed by atoms with Crippen LogP contribution in [0.25, 0.3) is 16.0 Å². The summed E-state index contributed by atoms with van der Waals surface area (Å²) in [6.45, 7) is 6.43. The second-order valence-electron chi connectivity index (χ2n) is 13.8. The molecule has 44 heteroatoms. The van der Waals surface area contributed by atoms with Crippen LogP contribution in [-0.4, -0.2) is 26.5 Å². The van der Waals surface area contributed by atoms with Crippen molar-refractivity contribution in [3.8, 4) is 23.5 Å². The van der Waals surface area contributed by atoms with Gasteiger partial charge in [-0.1, -0.05) is 88.0 Å². The van der Waals surface area contributed by atoms with Crippen LogP contribution < -0.4 is 5.73 Å². The molecule has 0 aliphatic rings. The third-order valence-electron chi connectivity index (χ3n) is 8.37. The van der Waals surface area contributed by atoms with Crippen LogP contribution in [0.15, 0.2) is 119 Å². The lowest BCUT2D eigenvalue weighted by molar-refractivity contribution is 0.0600. The maximum absolute atomic E-state index is 12.0. The molecule has 0 fully saturated rings. The Morgan fingerprint density at radius 1 is 0.722 bits per heavy atom. The van der Waals surface area contributed by atoms with Gasteiger partial charge in [0, 0.05) is 46.6 Å². The van der Waals surface area contributed by atoms with Crippen LogP contribution in [0.1, 0.15) is 27.9 Å². The number of benzene rings is 4. The molecular formula is C35H57BrCl2F2IN3O4P30S. The number of hydrogen-bond donors (Lipinski definition) is 1. The van der Waals surface area contributed by atoms with E-state index in [0.717, 1.165) is 54.7 Å². The highest BCUT2D eigenvalue weighted by atomic mass is 127. The minimum Gasteiger partial charge on any atom is -0.465 e. The molecule has 16 unspecified atom stereocenters. The van der Waals surface area contributed by atoms with Crippen LogP contribution in [0.4, 0.5) is 20.2 Å². The van der Waals surface area contributed by atoms with Gasteiger partial charge in [-0.3, -0.25) is 4.98 Å². The standard InChI is InChI=1S/C16H11ClO2.C7H4BrN.C7H5ClF2O2S.C5H5IN2.H32P30/c1-3-11-5-4-6-12(9-11)14-8-7-13(10-15(14)17)16(18)19-2;1-9-7-5-3-2-4-6(7)8;8-13(11,12)6-3-1-5(2-4-6)7(9)10;6-4-1-2-8-3-5(4)7;1-17(2)25(18(3)4)29(26(19(5)6)20(7)8)30(27(21(9)10)22(11)12)28(23(13)14)24(15)16/h1,4-10H,2H3;2-5H;1-4,7H;1-3H,7H2;1-16H2. The summed E-state index contributed by atoms with van der Waals surface area (Å²) in [5.74, 6) is 2.17. The first-order chi connectivity index (χ1) is 36.8. The molecule has 0 aliphatic heterocycles. The molecule has 0 aliphatic carbocycles. The minimum absolute atomic E-state index is 0.0331. The molecular weight excluding hydrogens is 1800 g/mol. The van der Waals surface area contributed by atoms with E-state index in [2.05, 4.69) is 202 Å². The Bertz CT molecular complexity index is 2740. The summed E-state index contributed by atoms with van der Waals surface area (Å²) >= 11 is 11.6. The second-order valence-corrected chi connectivity index (χ2v) is 140. The number of alkyl halides is 2. The number of rotatable bonds is 17. The quantitative estimate of drug-likeness (QED) is 0.0248. The van der Waals surface area contributed by atoms with Gasteiger partial charge in [-0.05, 0) is 168 Å². The first-order valence-corrected chi connectivity index (χ1v) is 78.6. The number of methoxy groups -OCH3 is 1. The summed E-state index contributed by atoms with van der Waals surface area (Å²) in [5.41, 5.74) is 9.57. The Morgan fingerprint density at radius 2 is 1.18 bits per heavy atom. The van der Waals surface area contributed by atoms with Crippen molar-refractivity contribution in [3.63, 3.8) is 0 Å². The van der Waals surface area contributed by atoms with Crippen LogP contribution in [0, 0.1) is 22.5 Å². The highest BCUT2D eigenvalue weighted by Crippen LogP contribution is 3.38. The molecule has 1 heterocycles. The van der Waals surface area contributed by atoms with Gasteiger partial charge in [0.25, 0.3) is 15.5 Å². The van der Waals surface area contributed by atoms with E-state index >= 15 is 0 Å². The number of aromatic nitrogens is 1. The summed E-state index contributed by atoms with van der Waals surface area (Å²) in [6.07, 6.45) is 6.13. The van der Waals surface area contributed by atoms with Crippen LogP contribution >= 0.6 is 301 Å². The summed E-state index contributed by atoms with van der Waals surface area (Å²) in [4.78, 5) is 18.3. The lowest BCUT2D eigenvalue weighted by atomic mass is 10.0. The Balaban J connectivity index is 0.000000539. The smallest absolute Gasteiger partial charge is 0.337 e. The Kier molecular flexibility index (Phi) is 50.1. The second kappa shape index (κ2) is 46.1. The predicted molar refractivity (Wildman–Crippen MR) is 455 cm³/mol. The van der Waals surface area contributed by atoms with Gasteiger partial charge >= 0.3 is 5.97 Å². The number of carbonyl (C=O) groups is 1. The molecule has 0 radical (unpaired) electrons. The molecule has 79 heavy (non-hydrogen) atoms. The third-order valence-corrected chi connectivity index (χ3v) is 208. The Morgan fingerprint density at radius 3 is 1.49 bits per heavy atom. The molecule has 7 nitrogen and oxygen atoms in total. The predicted octanol–water partition coefficient (Wildman–Crippen LogP) is 27.9. The van der Waals surface area contributed by atoms with Gasteiger partial charge in [0.1, 0.15) is 0 Å². The van der Waals surface area contributed by atoms with Crippen molar-refractivity contribution in [2.24, 2.45) is 0 Å². The van der Waals surface area contributed by atoms with Gasteiger partial charge in [-0.25, -0.2) is 26.8 Å². The molecule has 5 aromatic rings. The van der Waals surface area contributed by atoms with E-state index in [1.807, 2.05) is 48.5 Å². The highest BCUT2D eigenvalue weighted by molar-refractivity contribution is 14.1. The van der Waals surface area contributed by atoms with Crippen molar-refractivity contribution in [3.05, 3.63) is 151 Å². The average Bonchev–Trinajstić information content (AvgIpc) is 3.36. The number of esters is 1. The number of pyridine rings is 1. The fourth-order valence-electron chi connectivity index (χ4n) is 5.12. The van der Waals surface area contributed by atoms with E-state index in [1.54, 1.807) is 36.7 Å². The number of hydrogen-bond acceptors (Lipinski definition) is 6. The molecule has 5 rings (SSSR count). The van der Waals surface area contributed by atoms with E-state index in [0.29, 0.717) is 16.3 Å². The van der Waals surface area contributed by atoms with Crippen molar-refractivity contribution in [1.82, 2.24) is 4.98 Å². The molecule has 0 bridgehead atoms. The summed E-state index contributed by atoms with van der Waals surface area (Å²) < 4.78 is 52.0. The normalized spacial score (nSPS) is 11.6. The lowest BCUT2D eigenvalue weighted by Crippen LogP contribution is -2.00. The van der Waals surface area contributed by atoms with Crippen LogP contribution in [0.5, 0.6) is 0 Å². The summed E-state index contributed by atoms with van der Waals surface area (Å²) in [5, 5.41) is 0.483. The van der Waals surface area contributed by atoms with Gasteiger partial charge < -0.3 is 10.5 Å². The molecule has 0 amide bonds. The van der Waals surface area contributed by atoms with Gasteiger partial charge in [-0.2, -0.15) is 0 Å². The zero-order valence-corrected chi connectivity index (χ0v) is 77.9. The highest BCUT2D eigenvalue weighted by Gasteiger charge is 2.50. The number of ether oxygens (including phenoxy) is 1. The number of terminal acetylenes is 1. The number of para-hydroxylation sites is 1. The number of nitrogen functional groups attached to an aromatic ring is 1. The lowest BCUT2D eigenvalue weighted by Gasteiger charge is -2.52. The fourth-order valence-corrected chi connectivity index (χ4v) is 405. The zero-order chi connectivity index (χ0) is 60.6. The monoisotopic (exact) mass is 1860 g/mol. The number of nitrogens with two attached hydrogens (primary N) is 1. The van der Waals surface area contributed by atoms with Crippen molar-refractivity contribution in [2.45, 2.75) is 11.3 Å². The molecule has 16 atom stereocenters. The summed E-state index contributed by atoms with van der Waals surface area (Å²) in [6, 6.07) is 25.9. The van der Waals surface area contributed by atoms with E-state index in [-0.39, 0.29) is 108 Å². The Labute approximate surface area is 551 Å². The molecule has 0 saturated carbocycles. The molecule has 4 aromatic carbocycles. The summed E-state index contributed by atoms with van der Waals surface area (Å²) in [7, 11) is 55.1. The van der Waals surface area contributed by atoms with E-state index < -0.39 is 21.4 Å². The van der Waals surface area contributed by atoms with Gasteiger partial charge in [0.05, 0.1) is 36.0 Å². The topological polar surface area (TPSA) is 104 Å². The molecule has 1 aromatic heterocycles. The molecule has 2 N–H and O–H groups in total. The SMILES string of the molecule is C#Cc1cccc(-c2ccc(C(=O)OC)cc2Cl)c1.Nc1cnccc1I.O=S(=O)(Cl)c1ccc(C(F)F)cc1.PP(P)P(P(P)P)P(P(P(P)P)P(P)P)P(P(P(P)P)P(P)P)P(P(P)P)P(P)P.[C-]#[N+]c1ccccc1Br. The van der Waals surface area contributed by atoms with E-state index in [1.165, 1.54) is 7.11 Å². The van der Waals surface area contributed by atoms with E-state index in [4.69, 9.17) is 41.0 Å². The molecule has 0 saturated heterocycles. The molecule has 0 spiro atoms. The average molecular weight is 1860 g/mol. The van der Waals surface area contributed by atoms with Gasteiger partial charge in [0.15, 0.2) is 0 Å². The maximum atomic E-state index is 12.0. The zero-order valence-electron chi connectivity index (χ0n) is 40.8.